The van der Waals surface area contributed by atoms with Gasteiger partial charge in [-0.1, -0.05) is 41.9 Å². The molecule has 2 amide bonds. The molecule has 7 nitrogen and oxygen atoms in total. The van der Waals surface area contributed by atoms with E-state index in [1.807, 2.05) is 30.3 Å². The van der Waals surface area contributed by atoms with Gasteiger partial charge in [0.25, 0.3) is 5.91 Å². The Labute approximate surface area is 196 Å². The number of amides is 2. The number of anilines is 1. The van der Waals surface area contributed by atoms with E-state index in [0.717, 1.165) is 11.1 Å². The standard InChI is InChI=1S/C25H23ClN2O5/c1-2-32-25(31)33-21-13-9-18(10-14-21)24(30)27-16-17-7-11-20(12-8-17)28-23(29)15-19-5-3-4-6-22(19)26/h3-14H,2,15-16H2,1H3,(H,27,30)(H,28,29). The van der Waals surface area contributed by atoms with Crippen LogP contribution in [0.3, 0.4) is 0 Å². The summed E-state index contributed by atoms with van der Waals surface area (Å²) in [6, 6.07) is 20.6. The molecule has 2 N–H and O–H groups in total. The van der Waals surface area contributed by atoms with Crippen LogP contribution in [-0.4, -0.2) is 24.6 Å². The molecule has 0 bridgehead atoms. The van der Waals surface area contributed by atoms with Gasteiger partial charge >= 0.3 is 6.16 Å². The van der Waals surface area contributed by atoms with E-state index in [4.69, 9.17) is 21.1 Å². The predicted octanol–water partition coefficient (Wildman–Crippen LogP) is 4.99. The topological polar surface area (TPSA) is 93.7 Å². The smallest absolute Gasteiger partial charge is 0.434 e. The fraction of sp³-hybridized carbons (Fsp3) is 0.160. The van der Waals surface area contributed by atoms with Crippen LogP contribution in [0.5, 0.6) is 5.75 Å². The second-order valence-electron chi connectivity index (χ2n) is 7.01. The summed E-state index contributed by atoms with van der Waals surface area (Å²) in [6.07, 6.45) is -0.612. The molecule has 33 heavy (non-hydrogen) atoms. The first-order valence-electron chi connectivity index (χ1n) is 10.3. The summed E-state index contributed by atoms with van der Waals surface area (Å²) in [6.45, 7) is 2.21. The van der Waals surface area contributed by atoms with Crippen LogP contribution in [0.15, 0.2) is 72.8 Å². The molecule has 0 unspecified atom stereocenters. The number of hydrogen-bond donors (Lipinski definition) is 2. The van der Waals surface area contributed by atoms with E-state index >= 15 is 0 Å². The lowest BCUT2D eigenvalue weighted by molar-refractivity contribution is -0.115. The molecule has 0 heterocycles. The predicted molar refractivity (Wildman–Crippen MR) is 125 cm³/mol. The van der Waals surface area contributed by atoms with Crippen LogP contribution in [0.4, 0.5) is 10.5 Å². The Morgan fingerprint density at radius 3 is 2.27 bits per heavy atom. The highest BCUT2D eigenvalue weighted by molar-refractivity contribution is 6.31. The Balaban J connectivity index is 1.47. The minimum Gasteiger partial charge on any atom is -0.434 e. The Morgan fingerprint density at radius 1 is 0.909 bits per heavy atom. The van der Waals surface area contributed by atoms with Crippen LogP contribution in [0.1, 0.15) is 28.4 Å². The van der Waals surface area contributed by atoms with E-state index in [2.05, 4.69) is 10.6 Å². The maximum atomic E-state index is 12.4. The molecule has 0 saturated heterocycles. The first-order chi connectivity index (χ1) is 15.9. The van der Waals surface area contributed by atoms with Gasteiger partial charge in [-0.05, 0) is 60.5 Å². The van der Waals surface area contributed by atoms with Crippen LogP contribution in [-0.2, 0) is 22.5 Å². The van der Waals surface area contributed by atoms with Gasteiger partial charge in [-0.25, -0.2) is 4.79 Å². The Kier molecular flexibility index (Phi) is 8.43. The molecule has 3 rings (SSSR count). The van der Waals surface area contributed by atoms with E-state index < -0.39 is 6.16 Å². The number of carbonyl (C=O) groups excluding carboxylic acids is 3. The van der Waals surface area contributed by atoms with Gasteiger partial charge in [0, 0.05) is 22.8 Å². The highest BCUT2D eigenvalue weighted by Crippen LogP contribution is 2.17. The van der Waals surface area contributed by atoms with Gasteiger partial charge < -0.3 is 20.1 Å². The molecule has 0 aliphatic carbocycles. The van der Waals surface area contributed by atoms with Crippen LogP contribution < -0.4 is 15.4 Å². The summed E-state index contributed by atoms with van der Waals surface area (Å²) in [5.41, 5.74) is 2.71. The summed E-state index contributed by atoms with van der Waals surface area (Å²) in [7, 11) is 0. The van der Waals surface area contributed by atoms with Gasteiger partial charge in [-0.2, -0.15) is 0 Å². The zero-order valence-corrected chi connectivity index (χ0v) is 18.7. The van der Waals surface area contributed by atoms with E-state index in [9.17, 15) is 14.4 Å². The number of hydrogen-bond acceptors (Lipinski definition) is 5. The van der Waals surface area contributed by atoms with E-state index in [-0.39, 0.29) is 30.6 Å². The number of halogens is 1. The largest absolute Gasteiger partial charge is 0.513 e. The maximum Gasteiger partial charge on any atom is 0.513 e. The average molecular weight is 467 g/mol. The highest BCUT2D eigenvalue weighted by atomic mass is 35.5. The van der Waals surface area contributed by atoms with Crippen molar-refractivity contribution in [3.8, 4) is 5.75 Å². The fourth-order valence-electron chi connectivity index (χ4n) is 2.93. The van der Waals surface area contributed by atoms with E-state index in [0.29, 0.717) is 22.8 Å². The van der Waals surface area contributed by atoms with E-state index in [1.165, 1.54) is 12.1 Å². The second kappa shape index (κ2) is 11.7. The monoisotopic (exact) mass is 466 g/mol. The van der Waals surface area contributed by atoms with Gasteiger partial charge in [0.05, 0.1) is 13.0 Å². The Hall–Kier alpha value is -3.84. The van der Waals surface area contributed by atoms with Gasteiger partial charge in [-0.15, -0.1) is 0 Å². The molecule has 0 spiro atoms. The van der Waals surface area contributed by atoms with Crippen LogP contribution in [0.2, 0.25) is 5.02 Å². The molecule has 0 aromatic heterocycles. The molecule has 3 aromatic carbocycles. The fourth-order valence-corrected chi connectivity index (χ4v) is 3.13. The van der Waals surface area contributed by atoms with Crippen molar-refractivity contribution in [3.63, 3.8) is 0 Å². The Bertz CT molecular complexity index is 1110. The third-order valence-corrected chi connectivity index (χ3v) is 4.95. The summed E-state index contributed by atoms with van der Waals surface area (Å²) in [5, 5.41) is 6.21. The zero-order valence-electron chi connectivity index (χ0n) is 18.0. The lowest BCUT2D eigenvalue weighted by Crippen LogP contribution is -2.22. The minimum absolute atomic E-state index is 0.167. The van der Waals surface area contributed by atoms with Gasteiger partial charge in [-0.3, -0.25) is 9.59 Å². The molecular formula is C25H23ClN2O5. The molecule has 0 aliphatic heterocycles. The summed E-state index contributed by atoms with van der Waals surface area (Å²) in [5.74, 6) is -0.147. The Morgan fingerprint density at radius 2 is 1.61 bits per heavy atom. The molecular weight excluding hydrogens is 444 g/mol. The number of benzene rings is 3. The number of ether oxygens (including phenoxy) is 2. The van der Waals surface area contributed by atoms with Gasteiger partial charge in [0.1, 0.15) is 5.75 Å². The molecule has 0 radical (unpaired) electrons. The first-order valence-corrected chi connectivity index (χ1v) is 10.7. The number of nitrogens with one attached hydrogen (secondary N) is 2. The van der Waals surface area contributed by atoms with E-state index in [1.54, 1.807) is 37.3 Å². The SMILES string of the molecule is CCOC(=O)Oc1ccc(C(=O)NCc2ccc(NC(=O)Cc3ccccc3Cl)cc2)cc1. The normalized spacial score (nSPS) is 10.2. The van der Waals surface area contributed by atoms with Crippen LogP contribution in [0.25, 0.3) is 0 Å². The van der Waals surface area contributed by atoms with Crippen molar-refractivity contribution in [2.24, 2.45) is 0 Å². The van der Waals surface area contributed by atoms with Crippen molar-refractivity contribution >= 4 is 35.3 Å². The van der Waals surface area contributed by atoms with Gasteiger partial charge in [0.15, 0.2) is 0 Å². The summed E-state index contributed by atoms with van der Waals surface area (Å²) in [4.78, 5) is 35.9. The summed E-state index contributed by atoms with van der Waals surface area (Å²) < 4.78 is 9.67. The maximum absolute atomic E-state index is 12.4. The highest BCUT2D eigenvalue weighted by Gasteiger charge is 2.09. The van der Waals surface area contributed by atoms with Crippen molar-refractivity contribution in [2.75, 3.05) is 11.9 Å². The van der Waals surface area contributed by atoms with Crippen molar-refractivity contribution in [3.05, 3.63) is 94.5 Å². The van der Waals surface area contributed by atoms with Crippen molar-refractivity contribution in [2.45, 2.75) is 19.9 Å². The number of carbonyl (C=O) groups is 3. The lowest BCUT2D eigenvalue weighted by atomic mass is 10.1. The molecule has 0 saturated carbocycles. The minimum atomic E-state index is -0.793. The summed E-state index contributed by atoms with van der Waals surface area (Å²) >= 11 is 6.10. The molecule has 0 aliphatic rings. The molecule has 0 atom stereocenters. The third kappa shape index (κ3) is 7.36. The average Bonchev–Trinajstić information content (AvgIpc) is 2.80. The van der Waals surface area contributed by atoms with Gasteiger partial charge in [0.2, 0.25) is 5.91 Å². The van der Waals surface area contributed by atoms with Crippen molar-refractivity contribution in [1.29, 1.82) is 0 Å². The molecule has 8 heteroatoms. The lowest BCUT2D eigenvalue weighted by Gasteiger charge is -2.09. The van der Waals surface area contributed by atoms with Crippen LogP contribution >= 0.6 is 11.6 Å². The molecule has 3 aromatic rings. The second-order valence-corrected chi connectivity index (χ2v) is 7.41. The molecule has 0 fully saturated rings. The van der Waals surface area contributed by atoms with Crippen LogP contribution in [0, 0.1) is 0 Å². The first kappa shape index (κ1) is 23.8. The zero-order chi connectivity index (χ0) is 23.6. The quantitative estimate of drug-likeness (QED) is 0.360. The molecule has 170 valence electrons. The number of rotatable bonds is 8. The van der Waals surface area contributed by atoms with Crippen molar-refractivity contribution in [1.82, 2.24) is 5.32 Å². The third-order valence-electron chi connectivity index (χ3n) is 4.58. The van der Waals surface area contributed by atoms with Crippen molar-refractivity contribution < 1.29 is 23.9 Å².